The van der Waals surface area contributed by atoms with E-state index in [1.807, 2.05) is 62.4 Å². The third kappa shape index (κ3) is 4.63. The molecule has 5 rings (SSSR count). The summed E-state index contributed by atoms with van der Waals surface area (Å²) >= 11 is 0. The van der Waals surface area contributed by atoms with E-state index in [1.54, 1.807) is 14.7 Å². The number of unbranched alkanes of at least 4 members (excludes halogenated alkanes) is 2. The average molecular weight is 552 g/mol. The number of aliphatic hydroxyl groups is 1. The molecule has 3 amide bonds. The summed E-state index contributed by atoms with van der Waals surface area (Å²) in [6, 6.07) is 6.52. The van der Waals surface area contributed by atoms with Gasteiger partial charge in [-0.2, -0.15) is 0 Å². The Morgan fingerprint density at radius 3 is 2.38 bits per heavy atom. The predicted molar refractivity (Wildman–Crippen MR) is 151 cm³/mol. The van der Waals surface area contributed by atoms with Crippen molar-refractivity contribution in [3.8, 4) is 5.75 Å². The van der Waals surface area contributed by atoms with E-state index in [1.165, 1.54) is 0 Å². The van der Waals surface area contributed by atoms with Gasteiger partial charge in [0.2, 0.25) is 17.7 Å². The van der Waals surface area contributed by atoms with Crippen LogP contribution in [0.1, 0.15) is 46.5 Å². The van der Waals surface area contributed by atoms with Crippen LogP contribution in [0, 0.1) is 11.8 Å². The number of nitrogens with zero attached hydrogens (tertiary/aromatic N) is 3. The Morgan fingerprint density at radius 2 is 1.68 bits per heavy atom. The molecule has 0 saturated carbocycles. The quantitative estimate of drug-likeness (QED) is 0.355. The number of carbonyl (C=O) groups is 3. The smallest absolute Gasteiger partial charge is 0.249 e. The maximum atomic E-state index is 14.4. The van der Waals surface area contributed by atoms with E-state index >= 15 is 0 Å². The van der Waals surface area contributed by atoms with Gasteiger partial charge < -0.3 is 29.3 Å². The highest BCUT2D eigenvalue weighted by molar-refractivity contribution is 6.04. The Hall–Kier alpha value is -3.17. The first-order valence-electron chi connectivity index (χ1n) is 14.6. The lowest BCUT2D eigenvalue weighted by Gasteiger charge is -2.37. The van der Waals surface area contributed by atoms with E-state index in [2.05, 4.69) is 6.92 Å². The molecule has 2 fully saturated rings. The lowest BCUT2D eigenvalue weighted by Crippen LogP contribution is -2.56. The van der Waals surface area contributed by atoms with Gasteiger partial charge in [-0.15, -0.1) is 0 Å². The van der Waals surface area contributed by atoms with Crippen molar-refractivity contribution < 1.29 is 29.0 Å². The van der Waals surface area contributed by atoms with Crippen LogP contribution in [-0.2, 0) is 19.1 Å². The van der Waals surface area contributed by atoms with Crippen molar-refractivity contribution in [2.24, 2.45) is 11.8 Å². The molecule has 0 radical (unpaired) electrons. The molecule has 4 heterocycles. The van der Waals surface area contributed by atoms with Gasteiger partial charge in [-0.1, -0.05) is 37.6 Å². The predicted octanol–water partition coefficient (Wildman–Crippen LogP) is 2.93. The molecule has 9 heteroatoms. The third-order valence-corrected chi connectivity index (χ3v) is 8.69. The van der Waals surface area contributed by atoms with Gasteiger partial charge >= 0.3 is 0 Å². The van der Waals surface area contributed by atoms with E-state index in [-0.39, 0.29) is 24.3 Å². The molecule has 216 valence electrons. The molecule has 9 nitrogen and oxygen atoms in total. The molecule has 1 N–H and O–H groups in total. The zero-order valence-corrected chi connectivity index (χ0v) is 23.8. The molecule has 40 heavy (non-hydrogen) atoms. The third-order valence-electron chi connectivity index (χ3n) is 8.69. The van der Waals surface area contributed by atoms with E-state index in [0.717, 1.165) is 18.6 Å². The summed E-state index contributed by atoms with van der Waals surface area (Å²) in [5, 5.41) is 9.39. The summed E-state index contributed by atoms with van der Waals surface area (Å²) < 4.78 is 12.4. The Kier molecular flexibility index (Phi) is 8.06. The number of aliphatic hydroxyl groups excluding tert-OH is 1. The van der Waals surface area contributed by atoms with Gasteiger partial charge in [-0.05, 0) is 57.4 Å². The van der Waals surface area contributed by atoms with E-state index in [0.29, 0.717) is 51.3 Å². The SMILES string of the molecule is CCCCN1CC=C[C@]23O[C@@]4(C)C=CCN(c5ccc(OCC)cc5)C(=O)[C@H]4[C@H]2C(=O)N(CCCCO)C3C1=O. The van der Waals surface area contributed by atoms with Crippen molar-refractivity contribution in [2.75, 3.05) is 44.3 Å². The first kappa shape index (κ1) is 28.4. The van der Waals surface area contributed by atoms with E-state index in [4.69, 9.17) is 9.47 Å². The van der Waals surface area contributed by atoms with Crippen LogP contribution >= 0.6 is 0 Å². The number of benzene rings is 1. The van der Waals surface area contributed by atoms with E-state index in [9.17, 15) is 19.5 Å². The molecule has 1 spiro atoms. The molecule has 2 saturated heterocycles. The number of anilines is 1. The molecule has 1 aromatic rings. The average Bonchev–Trinajstić information content (AvgIpc) is 3.20. The minimum Gasteiger partial charge on any atom is -0.494 e. The van der Waals surface area contributed by atoms with Crippen LogP contribution in [0.4, 0.5) is 5.69 Å². The zero-order chi connectivity index (χ0) is 28.5. The van der Waals surface area contributed by atoms with Gasteiger partial charge in [0.25, 0.3) is 0 Å². The molecular weight excluding hydrogens is 510 g/mol. The van der Waals surface area contributed by atoms with Crippen molar-refractivity contribution >= 4 is 23.4 Å². The molecule has 0 bridgehead atoms. The number of hydrogen-bond acceptors (Lipinski definition) is 6. The van der Waals surface area contributed by atoms with Gasteiger partial charge in [0.15, 0.2) is 0 Å². The molecule has 1 unspecified atom stereocenters. The minimum absolute atomic E-state index is 0.00919. The summed E-state index contributed by atoms with van der Waals surface area (Å²) in [5.74, 6) is -1.51. The lowest BCUT2D eigenvalue weighted by atomic mass is 9.74. The van der Waals surface area contributed by atoms with Crippen molar-refractivity contribution in [2.45, 2.75) is 63.7 Å². The molecule has 0 aliphatic carbocycles. The van der Waals surface area contributed by atoms with Crippen molar-refractivity contribution in [1.29, 1.82) is 0 Å². The monoisotopic (exact) mass is 551 g/mol. The first-order valence-corrected chi connectivity index (χ1v) is 14.6. The highest BCUT2D eigenvalue weighted by atomic mass is 16.5. The Labute approximate surface area is 236 Å². The van der Waals surface area contributed by atoms with Crippen LogP contribution in [0.2, 0.25) is 0 Å². The van der Waals surface area contributed by atoms with Gasteiger partial charge in [-0.3, -0.25) is 14.4 Å². The highest BCUT2D eigenvalue weighted by Gasteiger charge is 2.74. The van der Waals surface area contributed by atoms with Gasteiger partial charge in [0.1, 0.15) is 17.4 Å². The normalized spacial score (nSPS) is 31.2. The summed E-state index contributed by atoms with van der Waals surface area (Å²) in [6.45, 7) is 8.13. The second kappa shape index (κ2) is 11.4. The number of rotatable bonds is 10. The topological polar surface area (TPSA) is 99.6 Å². The molecule has 4 aliphatic heterocycles. The Balaban J connectivity index is 1.55. The number of hydrogen-bond donors (Lipinski definition) is 1. The van der Waals surface area contributed by atoms with E-state index < -0.39 is 29.1 Å². The van der Waals surface area contributed by atoms with Crippen LogP contribution in [0.5, 0.6) is 5.75 Å². The zero-order valence-electron chi connectivity index (χ0n) is 23.8. The van der Waals surface area contributed by atoms with Gasteiger partial charge in [0, 0.05) is 38.5 Å². The molecule has 1 aromatic carbocycles. The van der Waals surface area contributed by atoms with Crippen LogP contribution < -0.4 is 9.64 Å². The van der Waals surface area contributed by atoms with Gasteiger partial charge in [0.05, 0.1) is 24.0 Å². The number of amides is 3. The fraction of sp³-hybridized carbons (Fsp3) is 0.581. The summed E-state index contributed by atoms with van der Waals surface area (Å²) in [4.78, 5) is 47.9. The standard InChI is InChI=1S/C31H41N3O6/c1-4-6-17-32-18-10-16-31-25(28(37)34(19-7-8-21-35)26(31)29(32)38)24-27(36)33(20-9-15-30(24,3)40-31)22-11-13-23(14-12-22)39-5-2/h9-16,24-26,35H,4-8,17-21H2,1-3H3/t24-,25+,26?,30+,31+/m1/s1. The van der Waals surface area contributed by atoms with Crippen molar-refractivity contribution in [1.82, 2.24) is 9.80 Å². The maximum Gasteiger partial charge on any atom is 0.249 e. The number of carbonyl (C=O) groups excluding carboxylic acids is 3. The van der Waals surface area contributed by atoms with Crippen LogP contribution in [0.25, 0.3) is 0 Å². The number of ether oxygens (including phenoxy) is 2. The largest absolute Gasteiger partial charge is 0.494 e. The Bertz CT molecular complexity index is 1180. The first-order chi connectivity index (χ1) is 19.3. The molecule has 4 aliphatic rings. The number of likely N-dealkylation sites (tertiary alicyclic amines) is 1. The lowest BCUT2D eigenvalue weighted by molar-refractivity contribution is -0.151. The summed E-state index contributed by atoms with van der Waals surface area (Å²) in [7, 11) is 0. The Morgan fingerprint density at radius 1 is 0.925 bits per heavy atom. The summed E-state index contributed by atoms with van der Waals surface area (Å²) in [5.41, 5.74) is -1.60. The fourth-order valence-corrected chi connectivity index (χ4v) is 6.87. The molecule has 0 aromatic heterocycles. The van der Waals surface area contributed by atoms with Crippen LogP contribution in [0.15, 0.2) is 48.6 Å². The second-order valence-electron chi connectivity index (χ2n) is 11.3. The fourth-order valence-electron chi connectivity index (χ4n) is 6.87. The second-order valence-corrected chi connectivity index (χ2v) is 11.3. The summed E-state index contributed by atoms with van der Waals surface area (Å²) in [6.07, 6.45) is 10.5. The van der Waals surface area contributed by atoms with Crippen LogP contribution in [0.3, 0.4) is 0 Å². The molecule has 5 atom stereocenters. The maximum absolute atomic E-state index is 14.4. The minimum atomic E-state index is -1.25. The molecular formula is C31H41N3O6. The van der Waals surface area contributed by atoms with Crippen molar-refractivity contribution in [3.05, 3.63) is 48.6 Å². The highest BCUT2D eigenvalue weighted by Crippen LogP contribution is 2.57. The number of fused-ring (bicyclic) bond motifs is 2. The van der Waals surface area contributed by atoms with Gasteiger partial charge in [-0.25, -0.2) is 0 Å². The van der Waals surface area contributed by atoms with Crippen molar-refractivity contribution in [3.63, 3.8) is 0 Å². The van der Waals surface area contributed by atoms with Crippen LogP contribution in [-0.4, -0.2) is 89.3 Å².